The Hall–Kier alpha value is -1.61. The van der Waals surface area contributed by atoms with Crippen molar-refractivity contribution in [1.29, 1.82) is 5.26 Å². The number of carbonyl (C=O) groups is 1. The number of halogens is 1. The summed E-state index contributed by atoms with van der Waals surface area (Å²) >= 11 is 5.93. The number of hydrogen-bond acceptors (Lipinski definition) is 4. The largest absolute Gasteiger partial charge is 0.378 e. The Morgan fingerprint density at radius 1 is 1.46 bits per heavy atom. The molecule has 6 heteroatoms. The van der Waals surface area contributed by atoms with Crippen LogP contribution in [0.3, 0.4) is 0 Å². The number of carbonyl (C=O) groups excluding carboxylic acids is 1. The zero-order valence-electron chi connectivity index (χ0n) is 14.2. The monoisotopic (exact) mass is 349 g/mol. The predicted octanol–water partition coefficient (Wildman–Crippen LogP) is 3.29. The first-order valence-electron chi connectivity index (χ1n) is 8.31. The van der Waals surface area contributed by atoms with E-state index in [-0.39, 0.29) is 5.91 Å². The molecule has 1 aromatic carbocycles. The third-order valence-electron chi connectivity index (χ3n) is 3.94. The molecule has 130 valence electrons. The molecule has 1 heterocycles. The van der Waals surface area contributed by atoms with E-state index in [0.29, 0.717) is 34.8 Å². The molecular formula is C18H24ClN3O2. The third kappa shape index (κ3) is 5.79. The summed E-state index contributed by atoms with van der Waals surface area (Å²) in [6.07, 6.45) is 2.19. The van der Waals surface area contributed by atoms with Gasteiger partial charge in [0.05, 0.1) is 23.9 Å². The number of nitrogens with one attached hydrogen (secondary N) is 1. The Labute approximate surface area is 148 Å². The lowest BCUT2D eigenvalue weighted by molar-refractivity contribution is -0.118. The number of amides is 1. The number of ether oxygens (including phenoxy) is 1. The lowest BCUT2D eigenvalue weighted by Gasteiger charge is -2.31. The summed E-state index contributed by atoms with van der Waals surface area (Å²) in [5, 5.41) is 12.4. The van der Waals surface area contributed by atoms with Crippen molar-refractivity contribution in [3.8, 4) is 6.07 Å². The molecule has 1 amide bonds. The predicted molar refractivity (Wildman–Crippen MR) is 95.0 cm³/mol. The highest BCUT2D eigenvalue weighted by Gasteiger charge is 2.21. The van der Waals surface area contributed by atoms with Gasteiger partial charge in [-0.2, -0.15) is 5.26 Å². The van der Waals surface area contributed by atoms with Crippen LogP contribution in [0.1, 0.15) is 32.3 Å². The van der Waals surface area contributed by atoms with Crippen molar-refractivity contribution in [2.75, 3.05) is 31.6 Å². The third-order valence-corrected chi connectivity index (χ3v) is 4.18. The SMILES string of the molecule is CC(C)COC1CCN(CC(=O)Nc2cc(Cl)ccc2C#N)CC1. The fraction of sp³-hybridized carbons (Fsp3) is 0.556. The minimum atomic E-state index is -0.129. The molecule has 0 unspecified atom stereocenters. The molecule has 2 rings (SSSR count). The summed E-state index contributed by atoms with van der Waals surface area (Å²) in [6, 6.07) is 6.90. The Balaban J connectivity index is 1.80. The Morgan fingerprint density at radius 2 is 2.17 bits per heavy atom. The van der Waals surface area contributed by atoms with Crippen molar-refractivity contribution in [3.05, 3.63) is 28.8 Å². The van der Waals surface area contributed by atoms with Crippen molar-refractivity contribution in [2.24, 2.45) is 5.92 Å². The number of anilines is 1. The average Bonchev–Trinajstić information content (AvgIpc) is 2.54. The number of hydrogen-bond donors (Lipinski definition) is 1. The molecule has 1 aliphatic heterocycles. The maximum atomic E-state index is 12.2. The van der Waals surface area contributed by atoms with Crippen LogP contribution in [0.4, 0.5) is 5.69 Å². The first-order valence-corrected chi connectivity index (χ1v) is 8.69. The van der Waals surface area contributed by atoms with Gasteiger partial charge in [-0.1, -0.05) is 25.4 Å². The van der Waals surface area contributed by atoms with Crippen LogP contribution in [0, 0.1) is 17.2 Å². The highest BCUT2D eigenvalue weighted by Crippen LogP contribution is 2.21. The van der Waals surface area contributed by atoms with Gasteiger partial charge in [0.15, 0.2) is 0 Å². The van der Waals surface area contributed by atoms with Crippen molar-refractivity contribution in [2.45, 2.75) is 32.8 Å². The van der Waals surface area contributed by atoms with Crippen LogP contribution < -0.4 is 5.32 Å². The molecule has 1 saturated heterocycles. The van der Waals surface area contributed by atoms with Crippen LogP contribution in [0.15, 0.2) is 18.2 Å². The van der Waals surface area contributed by atoms with Crippen molar-refractivity contribution < 1.29 is 9.53 Å². The molecule has 0 radical (unpaired) electrons. The minimum Gasteiger partial charge on any atom is -0.378 e. The second-order valence-corrected chi connectivity index (χ2v) is 6.99. The number of benzene rings is 1. The zero-order chi connectivity index (χ0) is 17.5. The van der Waals surface area contributed by atoms with Crippen LogP contribution in [-0.2, 0) is 9.53 Å². The van der Waals surface area contributed by atoms with Gasteiger partial charge in [0.2, 0.25) is 5.91 Å². The Kier molecular flexibility index (Phi) is 7.04. The van der Waals surface area contributed by atoms with E-state index in [2.05, 4.69) is 30.1 Å². The van der Waals surface area contributed by atoms with E-state index < -0.39 is 0 Å². The topological polar surface area (TPSA) is 65.4 Å². The summed E-state index contributed by atoms with van der Waals surface area (Å²) in [7, 11) is 0. The number of likely N-dealkylation sites (tertiary alicyclic amines) is 1. The molecule has 1 fully saturated rings. The molecule has 5 nitrogen and oxygen atoms in total. The van der Waals surface area contributed by atoms with Gasteiger partial charge in [-0.15, -0.1) is 0 Å². The molecule has 0 bridgehead atoms. The van der Waals surface area contributed by atoms with Gasteiger partial charge in [-0.3, -0.25) is 9.69 Å². The Morgan fingerprint density at radius 3 is 2.79 bits per heavy atom. The first kappa shape index (κ1) is 18.7. The number of nitrogens with zero attached hydrogens (tertiary/aromatic N) is 2. The number of piperidine rings is 1. The maximum Gasteiger partial charge on any atom is 0.238 e. The molecule has 1 aromatic rings. The fourth-order valence-corrected chi connectivity index (χ4v) is 2.84. The van der Waals surface area contributed by atoms with E-state index in [0.717, 1.165) is 32.5 Å². The van der Waals surface area contributed by atoms with Crippen molar-refractivity contribution >= 4 is 23.2 Å². The highest BCUT2D eigenvalue weighted by molar-refractivity contribution is 6.31. The van der Waals surface area contributed by atoms with E-state index >= 15 is 0 Å². The van der Waals surface area contributed by atoms with E-state index in [4.69, 9.17) is 21.6 Å². The Bertz CT molecular complexity index is 605. The van der Waals surface area contributed by atoms with E-state index in [1.165, 1.54) is 0 Å². The summed E-state index contributed by atoms with van der Waals surface area (Å²) in [5.74, 6) is 0.413. The first-order chi connectivity index (χ1) is 11.5. The smallest absolute Gasteiger partial charge is 0.238 e. The maximum absolute atomic E-state index is 12.2. The van der Waals surface area contributed by atoms with Crippen LogP contribution in [0.2, 0.25) is 5.02 Å². The van der Waals surface area contributed by atoms with Crippen molar-refractivity contribution in [3.63, 3.8) is 0 Å². The van der Waals surface area contributed by atoms with Gasteiger partial charge in [0, 0.05) is 24.7 Å². The standard InChI is InChI=1S/C18H24ClN3O2/c1-13(2)12-24-16-5-7-22(8-6-16)11-18(23)21-17-9-15(19)4-3-14(17)10-20/h3-4,9,13,16H,5-8,11-12H2,1-2H3,(H,21,23). The van der Waals surface area contributed by atoms with Gasteiger partial charge >= 0.3 is 0 Å². The van der Waals surface area contributed by atoms with E-state index in [1.54, 1.807) is 18.2 Å². The van der Waals surface area contributed by atoms with Crippen LogP contribution in [0.25, 0.3) is 0 Å². The quantitative estimate of drug-likeness (QED) is 0.855. The second-order valence-electron chi connectivity index (χ2n) is 6.55. The number of rotatable bonds is 6. The van der Waals surface area contributed by atoms with Gasteiger partial charge < -0.3 is 10.1 Å². The zero-order valence-corrected chi connectivity index (χ0v) is 15.0. The van der Waals surface area contributed by atoms with Gasteiger partial charge in [0.1, 0.15) is 6.07 Å². The van der Waals surface area contributed by atoms with Crippen LogP contribution >= 0.6 is 11.6 Å². The summed E-state index contributed by atoms with van der Waals surface area (Å²) in [5.41, 5.74) is 0.874. The lowest BCUT2D eigenvalue weighted by Crippen LogP contribution is -2.41. The second kappa shape index (κ2) is 9.03. The van der Waals surface area contributed by atoms with Crippen LogP contribution in [0.5, 0.6) is 0 Å². The van der Waals surface area contributed by atoms with E-state index in [9.17, 15) is 4.79 Å². The molecule has 0 aromatic heterocycles. The van der Waals surface area contributed by atoms with Gasteiger partial charge in [-0.05, 0) is 37.0 Å². The molecular weight excluding hydrogens is 326 g/mol. The lowest BCUT2D eigenvalue weighted by atomic mass is 10.1. The minimum absolute atomic E-state index is 0.129. The van der Waals surface area contributed by atoms with E-state index in [1.807, 2.05) is 0 Å². The molecule has 0 spiro atoms. The molecule has 0 atom stereocenters. The summed E-state index contributed by atoms with van der Waals surface area (Å²) < 4.78 is 5.86. The molecule has 24 heavy (non-hydrogen) atoms. The van der Waals surface area contributed by atoms with Crippen molar-refractivity contribution in [1.82, 2.24) is 4.90 Å². The fourth-order valence-electron chi connectivity index (χ4n) is 2.67. The normalized spacial score (nSPS) is 16.1. The number of nitriles is 1. The molecule has 1 aliphatic rings. The molecule has 0 saturated carbocycles. The average molecular weight is 350 g/mol. The molecule has 1 N–H and O–H groups in total. The highest BCUT2D eigenvalue weighted by atomic mass is 35.5. The summed E-state index contributed by atoms with van der Waals surface area (Å²) in [4.78, 5) is 14.3. The van der Waals surface area contributed by atoms with Crippen LogP contribution in [-0.4, -0.2) is 43.2 Å². The van der Waals surface area contributed by atoms with Gasteiger partial charge in [0.25, 0.3) is 0 Å². The molecule has 0 aliphatic carbocycles. The van der Waals surface area contributed by atoms with Gasteiger partial charge in [-0.25, -0.2) is 0 Å². The summed E-state index contributed by atoms with van der Waals surface area (Å²) in [6.45, 7) is 7.08.